The molecule has 0 spiro atoms. The Balaban J connectivity index is 1.52. The Morgan fingerprint density at radius 3 is 2.41 bits per heavy atom. The Bertz CT molecular complexity index is 1050. The molecule has 0 aliphatic heterocycles. The van der Waals surface area contributed by atoms with E-state index in [-0.39, 0.29) is 18.0 Å². The van der Waals surface area contributed by atoms with E-state index >= 15 is 0 Å². The molecule has 3 N–H and O–H groups in total. The maximum Gasteiger partial charge on any atom is 0.251 e. The number of ether oxygens (including phenoxy) is 2. The minimum Gasteiger partial charge on any atom is -0.489 e. The van der Waals surface area contributed by atoms with Crippen molar-refractivity contribution in [1.82, 2.24) is 5.32 Å². The summed E-state index contributed by atoms with van der Waals surface area (Å²) in [5.74, 6) is 1.70. The van der Waals surface area contributed by atoms with Gasteiger partial charge in [-0.15, -0.1) is 0 Å². The second-order valence-electron chi connectivity index (χ2n) is 8.11. The highest BCUT2D eigenvalue weighted by molar-refractivity contribution is 9.10. The lowest BCUT2D eigenvalue weighted by atomic mass is 9.91. The van der Waals surface area contributed by atoms with Crippen molar-refractivity contribution in [3.05, 3.63) is 88.4 Å². The van der Waals surface area contributed by atoms with Crippen LogP contribution in [0.2, 0.25) is 0 Å². The van der Waals surface area contributed by atoms with Crippen molar-refractivity contribution in [2.24, 2.45) is 5.73 Å². The fourth-order valence-corrected chi connectivity index (χ4v) is 4.24. The summed E-state index contributed by atoms with van der Waals surface area (Å²) < 4.78 is 13.0. The van der Waals surface area contributed by atoms with E-state index < -0.39 is 0 Å². The van der Waals surface area contributed by atoms with Gasteiger partial charge in [0.15, 0.2) is 0 Å². The third-order valence-corrected chi connectivity index (χ3v) is 6.02. The van der Waals surface area contributed by atoms with E-state index in [4.69, 9.17) is 15.2 Å². The average Bonchev–Trinajstić information content (AvgIpc) is 2.80. The van der Waals surface area contributed by atoms with Crippen molar-refractivity contribution in [3.63, 3.8) is 0 Å². The van der Waals surface area contributed by atoms with Gasteiger partial charge in [0.25, 0.3) is 5.91 Å². The van der Waals surface area contributed by atoms with Gasteiger partial charge in [0, 0.05) is 28.2 Å². The average molecular weight is 495 g/mol. The molecule has 6 heteroatoms. The highest BCUT2D eigenvalue weighted by Gasteiger charge is 2.21. The van der Waals surface area contributed by atoms with Crippen molar-refractivity contribution < 1.29 is 14.3 Å². The zero-order chi connectivity index (χ0) is 22.3. The Morgan fingerprint density at radius 1 is 0.906 bits per heavy atom. The number of hydrogen-bond donors (Lipinski definition) is 2. The molecule has 1 aliphatic rings. The number of halogens is 1. The number of para-hydroxylation sites is 1. The molecule has 0 aromatic heterocycles. The summed E-state index contributed by atoms with van der Waals surface area (Å²) >= 11 is 3.48. The monoisotopic (exact) mass is 494 g/mol. The van der Waals surface area contributed by atoms with Gasteiger partial charge in [0.05, 0.1) is 0 Å². The lowest BCUT2D eigenvalue weighted by molar-refractivity contribution is 0.0925. The molecule has 4 rings (SSSR count). The van der Waals surface area contributed by atoms with Crippen LogP contribution in [-0.4, -0.2) is 18.0 Å². The predicted octanol–water partition coefficient (Wildman–Crippen LogP) is 5.82. The number of amides is 1. The summed E-state index contributed by atoms with van der Waals surface area (Å²) in [5, 5.41) is 3.14. The van der Waals surface area contributed by atoms with Crippen LogP contribution in [0.25, 0.3) is 0 Å². The predicted molar refractivity (Wildman–Crippen MR) is 129 cm³/mol. The number of benzene rings is 3. The molecule has 1 aliphatic carbocycles. The van der Waals surface area contributed by atoms with E-state index in [1.165, 1.54) is 0 Å². The van der Waals surface area contributed by atoms with Gasteiger partial charge in [-0.2, -0.15) is 0 Å². The van der Waals surface area contributed by atoms with Crippen LogP contribution in [0.1, 0.15) is 41.6 Å². The Kier molecular flexibility index (Phi) is 7.45. The van der Waals surface area contributed by atoms with E-state index in [2.05, 4.69) is 21.2 Å². The zero-order valence-corrected chi connectivity index (χ0v) is 19.4. The van der Waals surface area contributed by atoms with Gasteiger partial charge in [0.1, 0.15) is 23.9 Å². The smallest absolute Gasteiger partial charge is 0.251 e. The molecule has 0 saturated heterocycles. The van der Waals surface area contributed by atoms with Crippen molar-refractivity contribution in [2.75, 3.05) is 0 Å². The van der Waals surface area contributed by atoms with Crippen LogP contribution in [0.5, 0.6) is 17.2 Å². The second kappa shape index (κ2) is 10.7. The molecule has 32 heavy (non-hydrogen) atoms. The minimum absolute atomic E-state index is 0.128. The fraction of sp³-hybridized carbons (Fsp3) is 0.269. The number of hydrogen-bond acceptors (Lipinski definition) is 4. The standard InChI is InChI=1S/C26H27BrN2O3/c27-20-6-4-5-18(13-20)17-31-24-14-19(26(30)29-22-11-9-21(28)10-12-22)15-25(16-24)32-23-7-2-1-3-8-23/h1-8,13-16,21-22H,9-12,17,28H2,(H,29,30). The SMILES string of the molecule is NC1CCC(NC(=O)c2cc(OCc3cccc(Br)c3)cc(Oc3ccccc3)c2)CC1. The lowest BCUT2D eigenvalue weighted by Crippen LogP contribution is -2.40. The molecular formula is C26H27BrN2O3. The molecule has 1 fully saturated rings. The molecule has 166 valence electrons. The fourth-order valence-electron chi connectivity index (χ4n) is 3.80. The summed E-state index contributed by atoms with van der Waals surface area (Å²) in [5.41, 5.74) is 7.53. The highest BCUT2D eigenvalue weighted by atomic mass is 79.9. The van der Waals surface area contributed by atoms with Gasteiger partial charge in [-0.25, -0.2) is 0 Å². The normalized spacial score (nSPS) is 18.1. The zero-order valence-electron chi connectivity index (χ0n) is 17.8. The van der Waals surface area contributed by atoms with E-state index in [0.717, 1.165) is 35.7 Å². The van der Waals surface area contributed by atoms with Crippen LogP contribution < -0.4 is 20.5 Å². The van der Waals surface area contributed by atoms with E-state index in [0.29, 0.717) is 29.4 Å². The number of carbonyl (C=O) groups excluding carboxylic acids is 1. The number of nitrogens with one attached hydrogen (secondary N) is 1. The van der Waals surface area contributed by atoms with Gasteiger partial charge < -0.3 is 20.5 Å². The second-order valence-corrected chi connectivity index (χ2v) is 9.03. The Labute approximate surface area is 197 Å². The first-order valence-electron chi connectivity index (χ1n) is 10.9. The molecule has 0 unspecified atom stereocenters. The molecule has 0 bridgehead atoms. The first kappa shape index (κ1) is 22.4. The highest BCUT2D eigenvalue weighted by Crippen LogP contribution is 2.29. The quantitative estimate of drug-likeness (QED) is 0.433. The minimum atomic E-state index is -0.128. The third kappa shape index (κ3) is 6.34. The van der Waals surface area contributed by atoms with E-state index in [1.54, 1.807) is 18.2 Å². The molecule has 0 atom stereocenters. The van der Waals surface area contributed by atoms with Crippen molar-refractivity contribution in [1.29, 1.82) is 0 Å². The van der Waals surface area contributed by atoms with Gasteiger partial charge in [-0.05, 0) is 67.6 Å². The van der Waals surface area contributed by atoms with Gasteiger partial charge >= 0.3 is 0 Å². The number of nitrogens with two attached hydrogens (primary N) is 1. The maximum atomic E-state index is 13.0. The topological polar surface area (TPSA) is 73.6 Å². The summed E-state index contributed by atoms with van der Waals surface area (Å²) in [6, 6.07) is 23.1. The molecule has 3 aromatic carbocycles. The summed E-state index contributed by atoms with van der Waals surface area (Å²) in [7, 11) is 0. The van der Waals surface area contributed by atoms with Crippen LogP contribution in [0.4, 0.5) is 0 Å². The molecule has 5 nitrogen and oxygen atoms in total. The summed E-state index contributed by atoms with van der Waals surface area (Å²) in [4.78, 5) is 13.0. The largest absolute Gasteiger partial charge is 0.489 e. The van der Waals surface area contributed by atoms with Crippen molar-refractivity contribution in [3.8, 4) is 17.2 Å². The van der Waals surface area contributed by atoms with Gasteiger partial charge in [-0.1, -0.05) is 46.3 Å². The molecule has 1 saturated carbocycles. The molecule has 0 heterocycles. The van der Waals surface area contributed by atoms with Crippen LogP contribution in [-0.2, 0) is 6.61 Å². The molecule has 3 aromatic rings. The van der Waals surface area contributed by atoms with Crippen LogP contribution >= 0.6 is 15.9 Å². The van der Waals surface area contributed by atoms with E-state index in [1.807, 2.05) is 54.6 Å². The van der Waals surface area contributed by atoms with Crippen molar-refractivity contribution in [2.45, 2.75) is 44.4 Å². The Hall–Kier alpha value is -2.83. The first-order chi connectivity index (χ1) is 15.5. The Morgan fingerprint density at radius 2 is 1.66 bits per heavy atom. The molecule has 0 radical (unpaired) electrons. The van der Waals surface area contributed by atoms with Crippen molar-refractivity contribution >= 4 is 21.8 Å². The number of carbonyl (C=O) groups is 1. The first-order valence-corrected chi connectivity index (χ1v) is 11.7. The van der Waals surface area contributed by atoms with E-state index in [9.17, 15) is 4.79 Å². The molecule has 1 amide bonds. The summed E-state index contributed by atoms with van der Waals surface area (Å²) in [6.45, 7) is 0.385. The maximum absolute atomic E-state index is 13.0. The summed E-state index contributed by atoms with van der Waals surface area (Å²) in [6.07, 6.45) is 3.67. The third-order valence-electron chi connectivity index (χ3n) is 5.52. The van der Waals surface area contributed by atoms with Crippen LogP contribution in [0.3, 0.4) is 0 Å². The lowest BCUT2D eigenvalue weighted by Gasteiger charge is -2.26. The van der Waals surface area contributed by atoms with Crippen LogP contribution in [0.15, 0.2) is 77.3 Å². The van der Waals surface area contributed by atoms with Gasteiger partial charge in [0.2, 0.25) is 0 Å². The van der Waals surface area contributed by atoms with Gasteiger partial charge in [-0.3, -0.25) is 4.79 Å². The number of rotatable bonds is 7. The van der Waals surface area contributed by atoms with Crippen LogP contribution in [0, 0.1) is 0 Å². The molecular weight excluding hydrogens is 468 g/mol.